The van der Waals surface area contributed by atoms with Crippen molar-refractivity contribution in [3.05, 3.63) is 35.4 Å². The van der Waals surface area contributed by atoms with Gasteiger partial charge in [0.15, 0.2) is 0 Å². The fourth-order valence-corrected chi connectivity index (χ4v) is 0.781. The first-order valence-corrected chi connectivity index (χ1v) is 2.96. The van der Waals surface area contributed by atoms with E-state index in [-0.39, 0.29) is 0 Å². The number of rotatable bonds is 0. The van der Waals surface area contributed by atoms with Crippen molar-refractivity contribution in [3.8, 4) is 0 Å². The molecular formula is C6H4BrN. The summed E-state index contributed by atoms with van der Waals surface area (Å²) >= 11 is 3.17. The molecule has 40 valence electrons. The molecule has 2 heteroatoms. The highest BCUT2D eigenvalue weighted by Crippen LogP contribution is 2.04. The Balaban J connectivity index is 3.08. The summed E-state index contributed by atoms with van der Waals surface area (Å²) in [6.45, 7) is 5.32. The summed E-state index contributed by atoms with van der Waals surface area (Å²) in [5.41, 5.74) is 0.541. The van der Waals surface area contributed by atoms with Gasteiger partial charge in [-0.25, -0.2) is 4.98 Å². The Morgan fingerprint density at radius 2 is 2.25 bits per heavy atom. The van der Waals surface area contributed by atoms with Gasteiger partial charge in [0.25, 0.3) is 0 Å². The Bertz CT molecular complexity index is 168. The van der Waals surface area contributed by atoms with Crippen molar-refractivity contribution < 1.29 is 0 Å². The van der Waals surface area contributed by atoms with Gasteiger partial charge in [-0.05, 0) is 28.1 Å². The van der Waals surface area contributed by atoms with E-state index < -0.39 is 0 Å². The Morgan fingerprint density at radius 1 is 1.50 bits per heavy atom. The van der Waals surface area contributed by atoms with Gasteiger partial charge in [-0.2, -0.15) is 0 Å². The third-order valence-electron chi connectivity index (χ3n) is 0.737. The van der Waals surface area contributed by atoms with Crippen molar-refractivity contribution in [1.29, 1.82) is 0 Å². The molecule has 0 atom stereocenters. The molecule has 8 heavy (non-hydrogen) atoms. The molecule has 0 spiro atoms. The lowest BCUT2D eigenvalue weighted by molar-refractivity contribution is 1.22. The van der Waals surface area contributed by atoms with Gasteiger partial charge in [0.2, 0.25) is 0 Å². The van der Waals surface area contributed by atoms with E-state index in [0.717, 1.165) is 4.60 Å². The summed E-state index contributed by atoms with van der Waals surface area (Å²) in [5, 5.41) is 0. The normalized spacial score (nSPS) is 9.25. The molecule has 0 fully saturated rings. The predicted molar refractivity (Wildman–Crippen MR) is 35.3 cm³/mol. The average Bonchev–Trinajstić information content (AvgIpc) is 1.64. The first kappa shape index (κ1) is 5.76. The van der Waals surface area contributed by atoms with E-state index in [0.29, 0.717) is 5.69 Å². The van der Waals surface area contributed by atoms with Crippen molar-refractivity contribution in [1.82, 2.24) is 4.98 Å². The molecule has 0 aliphatic heterocycles. The van der Waals surface area contributed by atoms with Crippen molar-refractivity contribution in [2.75, 3.05) is 0 Å². The summed E-state index contributed by atoms with van der Waals surface area (Å²) in [4.78, 5) is 3.87. The standard InChI is InChI=1S/C6H4BrN/c1-5-3-2-4-6(7)8-5/h1-4H. The molecule has 0 unspecified atom stereocenters. The van der Waals surface area contributed by atoms with Crippen LogP contribution in [0.25, 0.3) is 0 Å². The summed E-state index contributed by atoms with van der Waals surface area (Å²) in [6.07, 6.45) is 0. The molecule has 0 amide bonds. The second kappa shape index (κ2) is 2.27. The predicted octanol–water partition coefficient (Wildman–Crippen LogP) is 1.90. The zero-order valence-electron chi connectivity index (χ0n) is 4.13. The van der Waals surface area contributed by atoms with Crippen LogP contribution in [0.2, 0.25) is 0 Å². The second-order valence-electron chi connectivity index (χ2n) is 1.39. The van der Waals surface area contributed by atoms with E-state index in [4.69, 9.17) is 6.92 Å². The Morgan fingerprint density at radius 3 is 2.62 bits per heavy atom. The maximum absolute atomic E-state index is 5.32. The fourth-order valence-electron chi connectivity index (χ4n) is 0.424. The molecule has 0 aliphatic rings. The molecule has 0 aliphatic carbocycles. The Kier molecular flexibility index (Phi) is 1.63. The van der Waals surface area contributed by atoms with Crippen LogP contribution in [-0.4, -0.2) is 4.98 Å². The number of aromatic nitrogens is 1. The largest absolute Gasteiger partial charge is 0.246 e. The number of hydrogen-bond acceptors (Lipinski definition) is 1. The molecule has 0 aromatic carbocycles. The van der Waals surface area contributed by atoms with E-state index >= 15 is 0 Å². The van der Waals surface area contributed by atoms with Crippen molar-refractivity contribution in [2.24, 2.45) is 0 Å². The summed E-state index contributed by atoms with van der Waals surface area (Å²) in [5.74, 6) is 0. The monoisotopic (exact) mass is 169 g/mol. The zero-order valence-corrected chi connectivity index (χ0v) is 5.72. The van der Waals surface area contributed by atoms with E-state index in [1.54, 1.807) is 6.07 Å². The number of halogens is 1. The molecule has 1 rings (SSSR count). The Labute approximate surface area is 56.9 Å². The van der Waals surface area contributed by atoms with Gasteiger partial charge in [-0.15, -0.1) is 0 Å². The summed E-state index contributed by atoms with van der Waals surface area (Å²) in [6, 6.07) is 5.41. The highest BCUT2D eigenvalue weighted by Gasteiger charge is 1.84. The molecule has 0 saturated heterocycles. The maximum Gasteiger partial charge on any atom is 0.106 e. The van der Waals surface area contributed by atoms with Crippen molar-refractivity contribution in [3.63, 3.8) is 0 Å². The van der Waals surface area contributed by atoms with Gasteiger partial charge in [0.1, 0.15) is 4.60 Å². The highest BCUT2D eigenvalue weighted by atomic mass is 79.9. The minimum Gasteiger partial charge on any atom is -0.246 e. The van der Waals surface area contributed by atoms with Crippen LogP contribution in [0, 0.1) is 6.92 Å². The van der Waals surface area contributed by atoms with Crippen LogP contribution in [0.5, 0.6) is 0 Å². The molecule has 0 bridgehead atoms. The third-order valence-corrected chi connectivity index (χ3v) is 1.18. The van der Waals surface area contributed by atoms with Crippen LogP contribution in [0.1, 0.15) is 5.69 Å². The van der Waals surface area contributed by atoms with Crippen LogP contribution in [-0.2, 0) is 0 Å². The lowest BCUT2D eigenvalue weighted by Gasteiger charge is -1.88. The van der Waals surface area contributed by atoms with E-state index in [1.807, 2.05) is 12.1 Å². The third kappa shape index (κ3) is 1.30. The summed E-state index contributed by atoms with van der Waals surface area (Å²) < 4.78 is 0.775. The smallest absolute Gasteiger partial charge is 0.106 e. The number of pyridine rings is 1. The second-order valence-corrected chi connectivity index (χ2v) is 2.20. The summed E-state index contributed by atoms with van der Waals surface area (Å²) in [7, 11) is 0. The average molecular weight is 170 g/mol. The van der Waals surface area contributed by atoms with Gasteiger partial charge < -0.3 is 0 Å². The van der Waals surface area contributed by atoms with Crippen LogP contribution in [0.3, 0.4) is 0 Å². The van der Waals surface area contributed by atoms with Gasteiger partial charge in [-0.3, -0.25) is 0 Å². The van der Waals surface area contributed by atoms with Gasteiger partial charge >= 0.3 is 0 Å². The highest BCUT2D eigenvalue weighted by molar-refractivity contribution is 9.10. The first-order chi connectivity index (χ1) is 3.79. The molecule has 0 saturated carbocycles. The topological polar surface area (TPSA) is 12.9 Å². The van der Waals surface area contributed by atoms with Crippen molar-refractivity contribution in [2.45, 2.75) is 0 Å². The SMILES string of the molecule is [CH]c1cccc(Br)n1. The maximum atomic E-state index is 5.32. The number of hydrogen-bond donors (Lipinski definition) is 0. The molecule has 1 aromatic heterocycles. The van der Waals surface area contributed by atoms with Gasteiger partial charge in [0, 0.05) is 12.6 Å². The van der Waals surface area contributed by atoms with Crippen LogP contribution < -0.4 is 0 Å². The molecule has 0 N–H and O–H groups in total. The minimum absolute atomic E-state index is 0.541. The molecule has 1 heterocycles. The first-order valence-electron chi connectivity index (χ1n) is 2.17. The van der Waals surface area contributed by atoms with E-state index in [1.165, 1.54) is 0 Å². The quantitative estimate of drug-likeness (QED) is 0.542. The van der Waals surface area contributed by atoms with Crippen LogP contribution in [0.15, 0.2) is 22.8 Å². The van der Waals surface area contributed by atoms with Gasteiger partial charge in [-0.1, -0.05) is 6.07 Å². The van der Waals surface area contributed by atoms with Gasteiger partial charge in [0.05, 0.1) is 0 Å². The lowest BCUT2D eigenvalue weighted by atomic mass is 10.4. The van der Waals surface area contributed by atoms with Crippen LogP contribution >= 0.6 is 15.9 Å². The number of nitrogens with zero attached hydrogens (tertiary/aromatic N) is 1. The Hall–Kier alpha value is -0.370. The van der Waals surface area contributed by atoms with Crippen LogP contribution in [0.4, 0.5) is 0 Å². The van der Waals surface area contributed by atoms with Crippen molar-refractivity contribution >= 4 is 15.9 Å². The van der Waals surface area contributed by atoms with E-state index in [2.05, 4.69) is 20.9 Å². The molecule has 2 radical (unpaired) electrons. The minimum atomic E-state index is 0.541. The molecule has 1 aromatic rings. The molecular weight excluding hydrogens is 166 g/mol. The molecule has 1 nitrogen and oxygen atoms in total. The van der Waals surface area contributed by atoms with E-state index in [9.17, 15) is 0 Å². The lowest BCUT2D eigenvalue weighted by Crippen LogP contribution is -1.77. The fraction of sp³-hybridized carbons (Fsp3) is 0. The zero-order chi connectivity index (χ0) is 5.98.